The van der Waals surface area contributed by atoms with Crippen molar-refractivity contribution in [2.75, 3.05) is 32.6 Å². The Bertz CT molecular complexity index is 970. The topological polar surface area (TPSA) is 140 Å². The van der Waals surface area contributed by atoms with Crippen LogP contribution in [0.15, 0.2) is 18.2 Å². The summed E-state index contributed by atoms with van der Waals surface area (Å²) in [6.45, 7) is 2.46. The van der Waals surface area contributed by atoms with E-state index in [0.29, 0.717) is 36.7 Å². The third-order valence-electron chi connectivity index (χ3n) is 5.13. The normalized spacial score (nSPS) is 15.9. The van der Waals surface area contributed by atoms with Crippen LogP contribution in [0.3, 0.4) is 0 Å². The van der Waals surface area contributed by atoms with Gasteiger partial charge in [-0.15, -0.1) is 0 Å². The maximum atomic E-state index is 12.6. The number of primary amides is 1. The number of aromatic amines is 1. The number of methoxy groups -OCH3 is 2. The Morgan fingerprint density at radius 2 is 2.03 bits per heavy atom. The minimum atomic E-state index is -0.742. The Balaban J connectivity index is 1.61. The molecule has 0 saturated carbocycles. The first-order chi connectivity index (χ1) is 14.3. The third kappa shape index (κ3) is 4.37. The van der Waals surface area contributed by atoms with Crippen LogP contribution in [0.5, 0.6) is 11.5 Å². The van der Waals surface area contributed by atoms with Gasteiger partial charge in [0.1, 0.15) is 0 Å². The van der Waals surface area contributed by atoms with Crippen molar-refractivity contribution in [3.63, 3.8) is 0 Å². The van der Waals surface area contributed by atoms with Crippen LogP contribution in [0, 0.1) is 12.8 Å². The SMILES string of the molecule is COc1ccc(CCN2CC(C(=O)Nc3c(C(N)=O)n[nH]c3C)CC2=O)cc1OC. The average Bonchev–Trinajstić information content (AvgIpc) is 3.28. The lowest BCUT2D eigenvalue weighted by atomic mass is 10.1. The number of aryl methyl sites for hydroxylation is 1. The second kappa shape index (κ2) is 8.85. The monoisotopic (exact) mass is 415 g/mol. The fourth-order valence-electron chi connectivity index (χ4n) is 3.45. The number of aromatic nitrogens is 2. The molecule has 30 heavy (non-hydrogen) atoms. The zero-order valence-electron chi connectivity index (χ0n) is 17.2. The summed E-state index contributed by atoms with van der Waals surface area (Å²) >= 11 is 0. The molecule has 0 bridgehead atoms. The van der Waals surface area contributed by atoms with Gasteiger partial charge in [0, 0.05) is 19.5 Å². The van der Waals surface area contributed by atoms with E-state index in [1.165, 1.54) is 0 Å². The average molecular weight is 415 g/mol. The highest BCUT2D eigenvalue weighted by Crippen LogP contribution is 2.28. The molecular formula is C20H25N5O5. The van der Waals surface area contributed by atoms with E-state index < -0.39 is 11.8 Å². The first-order valence-corrected chi connectivity index (χ1v) is 9.48. The molecule has 1 aliphatic heterocycles. The van der Waals surface area contributed by atoms with Crippen molar-refractivity contribution in [1.29, 1.82) is 0 Å². The number of ether oxygens (including phenoxy) is 2. The summed E-state index contributed by atoms with van der Waals surface area (Å²) < 4.78 is 10.5. The Kier molecular flexibility index (Phi) is 6.24. The summed E-state index contributed by atoms with van der Waals surface area (Å²) in [5, 5.41) is 9.11. The first kappa shape index (κ1) is 21.2. The molecule has 3 rings (SSSR count). The highest BCUT2D eigenvalue weighted by atomic mass is 16.5. The summed E-state index contributed by atoms with van der Waals surface area (Å²) in [6, 6.07) is 5.61. The summed E-state index contributed by atoms with van der Waals surface area (Å²) in [5.74, 6) is -0.425. The van der Waals surface area contributed by atoms with E-state index >= 15 is 0 Å². The smallest absolute Gasteiger partial charge is 0.271 e. The molecule has 1 fully saturated rings. The van der Waals surface area contributed by atoms with Crippen LogP contribution < -0.4 is 20.5 Å². The van der Waals surface area contributed by atoms with Crippen LogP contribution in [0.4, 0.5) is 5.69 Å². The van der Waals surface area contributed by atoms with E-state index in [-0.39, 0.29) is 29.6 Å². The number of likely N-dealkylation sites (tertiary alicyclic amines) is 1. The highest BCUT2D eigenvalue weighted by molar-refractivity contribution is 6.04. The van der Waals surface area contributed by atoms with E-state index in [1.807, 2.05) is 18.2 Å². The summed E-state index contributed by atoms with van der Waals surface area (Å²) in [6.07, 6.45) is 0.730. The zero-order valence-corrected chi connectivity index (χ0v) is 17.2. The van der Waals surface area contributed by atoms with Crippen LogP contribution >= 0.6 is 0 Å². The molecule has 0 spiro atoms. The van der Waals surface area contributed by atoms with Crippen LogP contribution in [0.2, 0.25) is 0 Å². The molecule has 1 unspecified atom stereocenters. The minimum absolute atomic E-state index is 0.0320. The van der Waals surface area contributed by atoms with Crippen molar-refractivity contribution >= 4 is 23.4 Å². The summed E-state index contributed by atoms with van der Waals surface area (Å²) in [5.41, 5.74) is 7.02. The van der Waals surface area contributed by atoms with Gasteiger partial charge in [-0.05, 0) is 31.0 Å². The van der Waals surface area contributed by atoms with Crippen molar-refractivity contribution in [2.24, 2.45) is 11.7 Å². The molecule has 2 aromatic rings. The number of carbonyl (C=O) groups excluding carboxylic acids is 3. The predicted octanol–water partition coefficient (Wildman–Crippen LogP) is 0.864. The molecule has 1 aromatic heterocycles. The van der Waals surface area contributed by atoms with Crippen LogP contribution in [-0.4, -0.2) is 60.1 Å². The molecule has 3 amide bonds. The number of nitrogens with zero attached hydrogens (tertiary/aromatic N) is 2. The Hall–Kier alpha value is -3.56. The zero-order chi connectivity index (χ0) is 21.8. The predicted molar refractivity (Wildman–Crippen MR) is 108 cm³/mol. The molecule has 10 nitrogen and oxygen atoms in total. The Morgan fingerprint density at radius 1 is 1.30 bits per heavy atom. The molecule has 1 aliphatic rings. The number of nitrogens with one attached hydrogen (secondary N) is 2. The molecule has 160 valence electrons. The van der Waals surface area contributed by atoms with E-state index in [0.717, 1.165) is 5.56 Å². The standard InChI is InChI=1S/C20H25N5O5/c1-11-17(18(19(21)27)24-23-11)22-20(28)13-9-16(26)25(10-13)7-6-12-4-5-14(29-2)15(8-12)30-3/h4-5,8,13H,6-7,9-10H2,1-3H3,(H2,21,27)(H,22,28)(H,23,24). The van der Waals surface area contributed by atoms with Crippen molar-refractivity contribution in [2.45, 2.75) is 19.8 Å². The maximum absolute atomic E-state index is 12.6. The van der Waals surface area contributed by atoms with Crippen molar-refractivity contribution in [1.82, 2.24) is 15.1 Å². The van der Waals surface area contributed by atoms with Gasteiger partial charge in [0.05, 0.1) is 31.5 Å². The highest BCUT2D eigenvalue weighted by Gasteiger charge is 2.35. The van der Waals surface area contributed by atoms with Gasteiger partial charge in [0.25, 0.3) is 5.91 Å². The summed E-state index contributed by atoms with van der Waals surface area (Å²) in [7, 11) is 3.14. The van der Waals surface area contributed by atoms with Crippen LogP contribution in [0.1, 0.15) is 28.2 Å². The van der Waals surface area contributed by atoms with E-state index in [9.17, 15) is 14.4 Å². The molecule has 0 aliphatic carbocycles. The Morgan fingerprint density at radius 3 is 2.70 bits per heavy atom. The number of hydrogen-bond donors (Lipinski definition) is 3. The molecule has 1 saturated heterocycles. The van der Waals surface area contributed by atoms with Gasteiger partial charge in [-0.3, -0.25) is 19.5 Å². The van der Waals surface area contributed by atoms with Crippen molar-refractivity contribution < 1.29 is 23.9 Å². The van der Waals surface area contributed by atoms with Gasteiger partial charge in [-0.25, -0.2) is 0 Å². The molecule has 4 N–H and O–H groups in total. The number of carbonyl (C=O) groups is 3. The molecule has 2 heterocycles. The molecular weight excluding hydrogens is 390 g/mol. The molecule has 0 radical (unpaired) electrons. The Labute approximate surface area is 173 Å². The number of hydrogen-bond acceptors (Lipinski definition) is 6. The van der Waals surface area contributed by atoms with Crippen LogP contribution in [-0.2, 0) is 16.0 Å². The van der Waals surface area contributed by atoms with E-state index in [4.69, 9.17) is 15.2 Å². The van der Waals surface area contributed by atoms with Gasteiger partial charge in [-0.2, -0.15) is 5.10 Å². The molecule has 10 heteroatoms. The summed E-state index contributed by atoms with van der Waals surface area (Å²) in [4.78, 5) is 38.2. The molecule has 1 aromatic carbocycles. The maximum Gasteiger partial charge on any atom is 0.271 e. The fraction of sp³-hybridized carbons (Fsp3) is 0.400. The minimum Gasteiger partial charge on any atom is -0.493 e. The fourth-order valence-corrected chi connectivity index (χ4v) is 3.45. The number of rotatable bonds is 8. The van der Waals surface area contributed by atoms with Crippen molar-refractivity contribution in [3.8, 4) is 11.5 Å². The van der Waals surface area contributed by atoms with Gasteiger partial charge in [0.2, 0.25) is 11.8 Å². The third-order valence-corrected chi connectivity index (χ3v) is 5.13. The van der Waals surface area contributed by atoms with Crippen molar-refractivity contribution in [3.05, 3.63) is 35.2 Å². The lowest BCUT2D eigenvalue weighted by molar-refractivity contribution is -0.128. The second-order valence-corrected chi connectivity index (χ2v) is 7.11. The second-order valence-electron chi connectivity index (χ2n) is 7.11. The van der Waals surface area contributed by atoms with Gasteiger partial charge >= 0.3 is 0 Å². The van der Waals surface area contributed by atoms with Gasteiger partial charge in [-0.1, -0.05) is 6.07 Å². The largest absolute Gasteiger partial charge is 0.493 e. The number of nitrogens with two attached hydrogens (primary N) is 1. The number of anilines is 1. The van der Waals surface area contributed by atoms with Crippen LogP contribution in [0.25, 0.3) is 0 Å². The lowest BCUT2D eigenvalue weighted by Crippen LogP contribution is -2.30. The first-order valence-electron chi connectivity index (χ1n) is 9.48. The van der Waals surface area contributed by atoms with E-state index in [1.54, 1.807) is 26.0 Å². The lowest BCUT2D eigenvalue weighted by Gasteiger charge is -2.17. The molecule has 1 atom stereocenters. The quantitative estimate of drug-likeness (QED) is 0.584. The van der Waals surface area contributed by atoms with E-state index in [2.05, 4.69) is 15.5 Å². The van der Waals surface area contributed by atoms with Gasteiger partial charge in [0.15, 0.2) is 17.2 Å². The number of H-pyrrole nitrogens is 1. The van der Waals surface area contributed by atoms with Gasteiger partial charge < -0.3 is 25.4 Å². The number of benzene rings is 1. The number of amides is 3.